The van der Waals surface area contributed by atoms with Gasteiger partial charge < -0.3 is 14.8 Å². The van der Waals surface area contributed by atoms with Crippen LogP contribution >= 0.6 is 0 Å². The number of phenolic OH excluding ortho intramolecular Hbond substituents is 1. The Kier molecular flexibility index (Phi) is 3.34. The predicted molar refractivity (Wildman–Crippen MR) is 78.5 cm³/mol. The number of phenols is 1. The molecule has 1 amide bonds. The minimum atomic E-state index is -0.869. The van der Waals surface area contributed by atoms with E-state index in [0.29, 0.717) is 5.39 Å². The van der Waals surface area contributed by atoms with E-state index in [2.05, 4.69) is 5.32 Å². The van der Waals surface area contributed by atoms with Crippen LogP contribution in [0.25, 0.3) is 11.0 Å². The number of anilines is 1. The van der Waals surface area contributed by atoms with Crippen molar-refractivity contribution in [3.05, 3.63) is 70.3 Å². The van der Waals surface area contributed by atoms with E-state index in [-0.39, 0.29) is 22.6 Å². The molecular formula is C16H10FNO4. The van der Waals surface area contributed by atoms with E-state index in [9.17, 15) is 19.1 Å². The van der Waals surface area contributed by atoms with Crippen molar-refractivity contribution in [1.82, 2.24) is 0 Å². The van der Waals surface area contributed by atoms with E-state index < -0.39 is 17.3 Å². The molecule has 0 spiro atoms. The molecule has 0 aliphatic rings. The van der Waals surface area contributed by atoms with Crippen molar-refractivity contribution in [2.24, 2.45) is 0 Å². The van der Waals surface area contributed by atoms with Gasteiger partial charge in [-0.05, 0) is 30.3 Å². The summed E-state index contributed by atoms with van der Waals surface area (Å²) in [5.41, 5.74) is -0.987. The fraction of sp³-hybridized carbons (Fsp3) is 0. The second kappa shape index (κ2) is 5.33. The molecule has 6 heteroatoms. The first-order valence-corrected chi connectivity index (χ1v) is 6.37. The van der Waals surface area contributed by atoms with Crippen LogP contribution in [0.1, 0.15) is 10.4 Å². The summed E-state index contributed by atoms with van der Waals surface area (Å²) in [6.45, 7) is 0. The Labute approximate surface area is 123 Å². The summed E-state index contributed by atoms with van der Waals surface area (Å²) in [4.78, 5) is 24.0. The Bertz CT molecular complexity index is 933. The summed E-state index contributed by atoms with van der Waals surface area (Å²) in [5.74, 6) is -1.43. The van der Waals surface area contributed by atoms with Crippen molar-refractivity contribution in [2.75, 3.05) is 5.32 Å². The highest BCUT2D eigenvalue weighted by atomic mass is 19.1. The number of halogens is 1. The summed E-state index contributed by atoms with van der Waals surface area (Å²) in [7, 11) is 0. The molecule has 3 aromatic rings. The van der Waals surface area contributed by atoms with Gasteiger partial charge >= 0.3 is 5.63 Å². The molecular weight excluding hydrogens is 289 g/mol. The molecule has 2 N–H and O–H groups in total. The highest BCUT2D eigenvalue weighted by Gasteiger charge is 2.15. The van der Waals surface area contributed by atoms with Crippen molar-refractivity contribution in [2.45, 2.75) is 0 Å². The Balaban J connectivity index is 2.01. The molecule has 0 bridgehead atoms. The van der Waals surface area contributed by atoms with Gasteiger partial charge in [0.05, 0.1) is 5.69 Å². The number of hydrogen-bond donors (Lipinski definition) is 2. The molecule has 0 unspecified atom stereocenters. The van der Waals surface area contributed by atoms with Gasteiger partial charge in [0.2, 0.25) is 0 Å². The topological polar surface area (TPSA) is 79.5 Å². The van der Waals surface area contributed by atoms with Gasteiger partial charge in [-0.3, -0.25) is 4.79 Å². The van der Waals surface area contributed by atoms with E-state index in [1.54, 1.807) is 6.07 Å². The van der Waals surface area contributed by atoms with Crippen LogP contribution in [0.4, 0.5) is 10.1 Å². The third-order valence-corrected chi connectivity index (χ3v) is 3.09. The van der Waals surface area contributed by atoms with Crippen LogP contribution in [0.15, 0.2) is 57.7 Å². The van der Waals surface area contributed by atoms with E-state index >= 15 is 0 Å². The fourth-order valence-electron chi connectivity index (χ4n) is 2.01. The van der Waals surface area contributed by atoms with E-state index in [0.717, 1.165) is 0 Å². The largest absolute Gasteiger partial charge is 0.508 e. The first-order valence-electron chi connectivity index (χ1n) is 6.37. The maximum Gasteiger partial charge on any atom is 0.349 e. The molecule has 2 aromatic carbocycles. The average Bonchev–Trinajstić information content (AvgIpc) is 2.48. The van der Waals surface area contributed by atoms with Gasteiger partial charge in [0.15, 0.2) is 0 Å². The molecule has 110 valence electrons. The molecule has 5 nitrogen and oxygen atoms in total. The minimum Gasteiger partial charge on any atom is -0.508 e. The van der Waals surface area contributed by atoms with Crippen molar-refractivity contribution in [1.29, 1.82) is 0 Å². The van der Waals surface area contributed by atoms with Gasteiger partial charge in [-0.1, -0.05) is 12.1 Å². The van der Waals surface area contributed by atoms with Crippen molar-refractivity contribution in [3.63, 3.8) is 0 Å². The summed E-state index contributed by atoms with van der Waals surface area (Å²) in [6, 6.07) is 11.1. The quantitative estimate of drug-likeness (QED) is 0.713. The first-order chi connectivity index (χ1) is 10.5. The Morgan fingerprint density at radius 2 is 1.91 bits per heavy atom. The number of amides is 1. The lowest BCUT2D eigenvalue weighted by molar-refractivity contribution is 0.102. The molecule has 0 saturated carbocycles. The van der Waals surface area contributed by atoms with Crippen molar-refractivity contribution in [3.8, 4) is 5.75 Å². The molecule has 1 heterocycles. The SMILES string of the molecule is O=C(Nc1ccccc1F)c1cc2ccc(O)cc2oc1=O. The maximum absolute atomic E-state index is 13.5. The molecule has 1 aromatic heterocycles. The summed E-state index contributed by atoms with van der Waals surface area (Å²) < 4.78 is 18.5. The van der Waals surface area contributed by atoms with Crippen LogP contribution in [0.2, 0.25) is 0 Å². The van der Waals surface area contributed by atoms with Crippen LogP contribution < -0.4 is 10.9 Å². The Morgan fingerprint density at radius 3 is 2.68 bits per heavy atom. The summed E-state index contributed by atoms with van der Waals surface area (Å²) in [5, 5.41) is 12.1. The minimum absolute atomic E-state index is 0.0299. The highest BCUT2D eigenvalue weighted by Crippen LogP contribution is 2.20. The number of hydrogen-bond acceptors (Lipinski definition) is 4. The van der Waals surface area contributed by atoms with Crippen LogP contribution in [-0.2, 0) is 0 Å². The van der Waals surface area contributed by atoms with Crippen LogP contribution in [0.3, 0.4) is 0 Å². The predicted octanol–water partition coefficient (Wildman–Crippen LogP) is 2.89. The maximum atomic E-state index is 13.5. The second-order valence-corrected chi connectivity index (χ2v) is 4.60. The van der Waals surface area contributed by atoms with Crippen LogP contribution in [0, 0.1) is 5.82 Å². The lowest BCUT2D eigenvalue weighted by atomic mass is 10.1. The number of aromatic hydroxyl groups is 1. The number of para-hydroxylation sites is 1. The van der Waals surface area contributed by atoms with Gasteiger partial charge in [-0.25, -0.2) is 9.18 Å². The standard InChI is InChI=1S/C16H10FNO4/c17-12-3-1-2-4-13(12)18-15(20)11-7-9-5-6-10(19)8-14(9)22-16(11)21/h1-8,19H,(H,18,20). The zero-order chi connectivity index (χ0) is 15.7. The van der Waals surface area contributed by atoms with Crippen LogP contribution in [-0.4, -0.2) is 11.0 Å². The molecule has 3 rings (SSSR count). The number of benzene rings is 2. The monoisotopic (exact) mass is 299 g/mol. The lowest BCUT2D eigenvalue weighted by Gasteiger charge is -2.06. The average molecular weight is 299 g/mol. The molecule has 0 fully saturated rings. The third kappa shape index (κ3) is 2.54. The normalized spacial score (nSPS) is 10.6. The highest BCUT2D eigenvalue weighted by molar-refractivity contribution is 6.05. The number of carbonyl (C=O) groups excluding carboxylic acids is 1. The molecule has 0 radical (unpaired) electrons. The van der Waals surface area contributed by atoms with E-state index in [1.807, 2.05) is 0 Å². The Morgan fingerprint density at radius 1 is 1.14 bits per heavy atom. The number of carbonyl (C=O) groups is 1. The number of nitrogens with one attached hydrogen (secondary N) is 1. The number of rotatable bonds is 2. The van der Waals surface area contributed by atoms with Gasteiger partial charge in [0.1, 0.15) is 22.7 Å². The third-order valence-electron chi connectivity index (χ3n) is 3.09. The zero-order valence-electron chi connectivity index (χ0n) is 11.2. The lowest BCUT2D eigenvalue weighted by Crippen LogP contribution is -2.21. The zero-order valence-corrected chi connectivity index (χ0v) is 11.2. The first kappa shape index (κ1) is 13.8. The smallest absolute Gasteiger partial charge is 0.349 e. The molecule has 22 heavy (non-hydrogen) atoms. The van der Waals surface area contributed by atoms with Gasteiger partial charge in [0.25, 0.3) is 5.91 Å². The van der Waals surface area contributed by atoms with Gasteiger partial charge in [-0.15, -0.1) is 0 Å². The van der Waals surface area contributed by atoms with Gasteiger partial charge in [0, 0.05) is 11.5 Å². The van der Waals surface area contributed by atoms with E-state index in [1.165, 1.54) is 42.5 Å². The summed E-state index contributed by atoms with van der Waals surface area (Å²) >= 11 is 0. The molecule has 0 aliphatic heterocycles. The van der Waals surface area contributed by atoms with E-state index in [4.69, 9.17) is 4.42 Å². The van der Waals surface area contributed by atoms with Crippen LogP contribution in [0.5, 0.6) is 5.75 Å². The number of fused-ring (bicyclic) bond motifs is 1. The summed E-state index contributed by atoms with van der Waals surface area (Å²) in [6.07, 6.45) is 0. The molecule has 0 aliphatic carbocycles. The molecule has 0 saturated heterocycles. The fourth-order valence-corrected chi connectivity index (χ4v) is 2.01. The van der Waals surface area contributed by atoms with Gasteiger partial charge in [-0.2, -0.15) is 0 Å². The Hall–Kier alpha value is -3.15. The van der Waals surface area contributed by atoms with Crippen molar-refractivity contribution < 1.29 is 18.7 Å². The second-order valence-electron chi connectivity index (χ2n) is 4.60. The van der Waals surface area contributed by atoms with Crippen molar-refractivity contribution >= 4 is 22.6 Å². The molecule has 0 atom stereocenters.